The molecule has 128 valence electrons. The molecule has 8 nitrogen and oxygen atoms in total. The van der Waals surface area contributed by atoms with Gasteiger partial charge in [0.25, 0.3) is 0 Å². The zero-order valence-corrected chi connectivity index (χ0v) is 13.7. The minimum atomic E-state index is -0.612. The van der Waals surface area contributed by atoms with Crippen LogP contribution in [0.2, 0.25) is 0 Å². The van der Waals surface area contributed by atoms with Gasteiger partial charge in [-0.25, -0.2) is 0 Å². The van der Waals surface area contributed by atoms with E-state index in [1.54, 1.807) is 13.0 Å². The van der Waals surface area contributed by atoms with E-state index in [-0.39, 0.29) is 11.4 Å². The number of likely N-dealkylation sites (N-methyl/N-ethyl adjacent to an activating group) is 1. The number of phenols is 1. The average Bonchev–Trinajstić information content (AvgIpc) is 2.99. The van der Waals surface area contributed by atoms with E-state index in [4.69, 9.17) is 4.74 Å². The summed E-state index contributed by atoms with van der Waals surface area (Å²) in [7, 11) is 0. The highest BCUT2D eigenvalue weighted by atomic mass is 16.6. The number of nitro groups is 1. The Kier molecular flexibility index (Phi) is 4.39. The van der Waals surface area contributed by atoms with Crippen LogP contribution in [0.4, 0.5) is 5.69 Å². The van der Waals surface area contributed by atoms with Crippen LogP contribution in [0, 0.1) is 10.1 Å². The number of hydrogen-bond donors (Lipinski definition) is 2. The Labute approximate surface area is 139 Å². The molecule has 0 amide bonds. The summed E-state index contributed by atoms with van der Waals surface area (Å²) < 4.78 is 5.35. The number of fused-ring (bicyclic) bond motifs is 1. The highest BCUT2D eigenvalue weighted by molar-refractivity contribution is 5.73. The van der Waals surface area contributed by atoms with Crippen LogP contribution in [0.5, 0.6) is 11.5 Å². The minimum Gasteiger partial charge on any atom is -0.500 e. The first-order chi connectivity index (χ1) is 11.5. The van der Waals surface area contributed by atoms with Gasteiger partial charge < -0.3 is 9.84 Å². The molecule has 0 fully saturated rings. The number of benzene rings is 1. The zero-order chi connectivity index (χ0) is 17.3. The fraction of sp³-hybridized carbons (Fsp3) is 0.438. The maximum absolute atomic E-state index is 11.2. The SMILES string of the molecule is CCOc1cc(-c2n[nH]c3c2CN(CC)CC3)cc([N+](=O)[O-])c1O. The van der Waals surface area contributed by atoms with E-state index in [0.717, 1.165) is 37.3 Å². The van der Waals surface area contributed by atoms with Crippen LogP contribution in [0.1, 0.15) is 25.1 Å². The number of hydrogen-bond acceptors (Lipinski definition) is 6. The molecule has 1 aliphatic heterocycles. The summed E-state index contributed by atoms with van der Waals surface area (Å²) in [6.07, 6.45) is 0.870. The lowest BCUT2D eigenvalue weighted by molar-refractivity contribution is -0.385. The lowest BCUT2D eigenvalue weighted by atomic mass is 10.00. The average molecular weight is 332 g/mol. The largest absolute Gasteiger partial charge is 0.500 e. The maximum Gasteiger partial charge on any atom is 0.315 e. The number of rotatable bonds is 5. The first-order valence-electron chi connectivity index (χ1n) is 7.98. The van der Waals surface area contributed by atoms with Gasteiger partial charge in [-0.3, -0.25) is 20.1 Å². The van der Waals surface area contributed by atoms with Crippen molar-refractivity contribution < 1.29 is 14.8 Å². The van der Waals surface area contributed by atoms with Crippen LogP contribution in [0.3, 0.4) is 0 Å². The van der Waals surface area contributed by atoms with Crippen LogP contribution in [0.15, 0.2) is 12.1 Å². The van der Waals surface area contributed by atoms with E-state index in [1.807, 2.05) is 0 Å². The van der Waals surface area contributed by atoms with Crippen LogP contribution >= 0.6 is 0 Å². The van der Waals surface area contributed by atoms with Crippen molar-refractivity contribution in [2.75, 3.05) is 19.7 Å². The van der Waals surface area contributed by atoms with Gasteiger partial charge in [-0.2, -0.15) is 5.10 Å². The van der Waals surface area contributed by atoms with Crippen molar-refractivity contribution >= 4 is 5.69 Å². The topological polar surface area (TPSA) is 105 Å². The number of aromatic nitrogens is 2. The van der Waals surface area contributed by atoms with Gasteiger partial charge in [0.15, 0.2) is 5.75 Å². The molecule has 3 rings (SSSR count). The monoisotopic (exact) mass is 332 g/mol. The van der Waals surface area contributed by atoms with Gasteiger partial charge in [0.2, 0.25) is 5.75 Å². The van der Waals surface area contributed by atoms with Gasteiger partial charge >= 0.3 is 5.69 Å². The molecule has 0 bridgehead atoms. The quantitative estimate of drug-likeness (QED) is 0.644. The molecule has 8 heteroatoms. The van der Waals surface area contributed by atoms with Crippen molar-refractivity contribution in [3.63, 3.8) is 0 Å². The molecule has 0 saturated carbocycles. The van der Waals surface area contributed by atoms with Crippen LogP contribution in [-0.4, -0.2) is 44.8 Å². The molecule has 2 N–H and O–H groups in total. The number of phenolic OH excluding ortho intramolecular Hbond substituents is 1. The highest BCUT2D eigenvalue weighted by Crippen LogP contribution is 2.41. The first-order valence-corrected chi connectivity index (χ1v) is 7.98. The second-order valence-electron chi connectivity index (χ2n) is 5.68. The second kappa shape index (κ2) is 6.48. The Morgan fingerprint density at radius 2 is 2.25 bits per heavy atom. The number of nitro benzene ring substituents is 1. The molecule has 0 radical (unpaired) electrons. The fourth-order valence-electron chi connectivity index (χ4n) is 2.99. The van der Waals surface area contributed by atoms with E-state index < -0.39 is 10.7 Å². The van der Waals surface area contributed by atoms with Crippen molar-refractivity contribution in [2.45, 2.75) is 26.8 Å². The number of ether oxygens (including phenoxy) is 1. The van der Waals surface area contributed by atoms with Crippen LogP contribution < -0.4 is 4.74 Å². The Morgan fingerprint density at radius 1 is 1.46 bits per heavy atom. The molecule has 0 aliphatic carbocycles. The van der Waals surface area contributed by atoms with Gasteiger partial charge in [0.05, 0.1) is 17.2 Å². The summed E-state index contributed by atoms with van der Waals surface area (Å²) >= 11 is 0. The predicted molar refractivity (Wildman–Crippen MR) is 88.2 cm³/mol. The van der Waals surface area contributed by atoms with Crippen molar-refractivity contribution in [2.24, 2.45) is 0 Å². The summed E-state index contributed by atoms with van der Waals surface area (Å²) in [5, 5.41) is 28.7. The minimum absolute atomic E-state index is 0.0987. The van der Waals surface area contributed by atoms with Gasteiger partial charge in [0, 0.05) is 42.4 Å². The number of aromatic amines is 1. The lowest BCUT2D eigenvalue weighted by Gasteiger charge is -2.25. The smallest absolute Gasteiger partial charge is 0.315 e. The standard InChI is InChI=1S/C16H20N4O4/c1-3-19-6-5-12-11(9-19)15(18-17-12)10-7-13(20(22)23)16(21)14(8-10)24-4-2/h7-8,21H,3-6,9H2,1-2H3,(H,17,18). The number of aromatic hydroxyl groups is 1. The second-order valence-corrected chi connectivity index (χ2v) is 5.68. The molecular weight excluding hydrogens is 312 g/mol. The molecule has 1 aromatic carbocycles. The molecule has 0 spiro atoms. The highest BCUT2D eigenvalue weighted by Gasteiger charge is 2.26. The summed E-state index contributed by atoms with van der Waals surface area (Å²) in [5.41, 5.74) is 2.97. The summed E-state index contributed by atoms with van der Waals surface area (Å²) in [4.78, 5) is 12.9. The Morgan fingerprint density at radius 3 is 2.92 bits per heavy atom. The normalized spacial score (nSPS) is 14.4. The zero-order valence-electron chi connectivity index (χ0n) is 13.7. The van der Waals surface area contributed by atoms with Gasteiger partial charge in [0.1, 0.15) is 0 Å². The first kappa shape index (κ1) is 16.3. The number of nitrogens with one attached hydrogen (secondary N) is 1. The Hall–Kier alpha value is -2.61. The molecule has 0 saturated heterocycles. The third-order valence-electron chi connectivity index (χ3n) is 4.28. The summed E-state index contributed by atoms with van der Waals surface area (Å²) in [6, 6.07) is 2.95. The fourth-order valence-corrected chi connectivity index (χ4v) is 2.99. The van der Waals surface area contributed by atoms with Crippen molar-refractivity contribution in [1.82, 2.24) is 15.1 Å². The Balaban J connectivity index is 2.10. The van der Waals surface area contributed by atoms with Crippen molar-refractivity contribution in [3.8, 4) is 22.8 Å². The van der Waals surface area contributed by atoms with E-state index in [9.17, 15) is 15.2 Å². The third kappa shape index (κ3) is 2.80. The van der Waals surface area contributed by atoms with E-state index in [2.05, 4.69) is 22.0 Å². The number of H-pyrrole nitrogens is 1. The van der Waals surface area contributed by atoms with Crippen LogP contribution in [-0.2, 0) is 13.0 Å². The molecule has 24 heavy (non-hydrogen) atoms. The predicted octanol–water partition coefficient (Wildman–Crippen LogP) is 2.47. The molecule has 1 aromatic heterocycles. The summed E-state index contributed by atoms with van der Waals surface area (Å²) in [5.74, 6) is -0.355. The molecule has 2 heterocycles. The van der Waals surface area contributed by atoms with Gasteiger partial charge in [-0.1, -0.05) is 6.92 Å². The van der Waals surface area contributed by atoms with Gasteiger partial charge in [-0.05, 0) is 19.5 Å². The van der Waals surface area contributed by atoms with Crippen LogP contribution in [0.25, 0.3) is 11.3 Å². The van der Waals surface area contributed by atoms with Crippen molar-refractivity contribution in [1.29, 1.82) is 0 Å². The summed E-state index contributed by atoms with van der Waals surface area (Å²) in [6.45, 7) is 6.80. The van der Waals surface area contributed by atoms with E-state index >= 15 is 0 Å². The van der Waals surface area contributed by atoms with Crippen molar-refractivity contribution in [3.05, 3.63) is 33.5 Å². The molecular formula is C16H20N4O4. The third-order valence-corrected chi connectivity index (χ3v) is 4.28. The van der Waals surface area contributed by atoms with E-state index in [1.165, 1.54) is 6.07 Å². The lowest BCUT2D eigenvalue weighted by Crippen LogP contribution is -2.30. The number of nitrogens with zero attached hydrogens (tertiary/aromatic N) is 3. The molecule has 0 atom stereocenters. The van der Waals surface area contributed by atoms with Gasteiger partial charge in [-0.15, -0.1) is 0 Å². The molecule has 1 aliphatic rings. The molecule has 0 unspecified atom stereocenters. The maximum atomic E-state index is 11.2. The Bertz CT molecular complexity index is 772. The molecule has 2 aromatic rings. The van der Waals surface area contributed by atoms with E-state index in [0.29, 0.717) is 17.9 Å².